The summed E-state index contributed by atoms with van der Waals surface area (Å²) in [6, 6.07) is 12.5. The van der Waals surface area contributed by atoms with Crippen LogP contribution in [0.3, 0.4) is 0 Å². The van der Waals surface area contributed by atoms with Gasteiger partial charge in [-0.15, -0.1) is 0 Å². The van der Waals surface area contributed by atoms with Crippen LogP contribution in [0.15, 0.2) is 53.4 Å². The molecule has 0 spiro atoms. The predicted octanol–water partition coefficient (Wildman–Crippen LogP) is 2.98. The van der Waals surface area contributed by atoms with Gasteiger partial charge < -0.3 is 0 Å². The first-order chi connectivity index (χ1) is 11.7. The molecule has 2 aromatic rings. The van der Waals surface area contributed by atoms with Crippen molar-refractivity contribution in [2.24, 2.45) is 0 Å². The molecule has 9 heteroatoms. The summed E-state index contributed by atoms with van der Waals surface area (Å²) in [6.45, 7) is -0.116. The van der Waals surface area contributed by atoms with Crippen LogP contribution in [-0.4, -0.2) is 39.5 Å². The van der Waals surface area contributed by atoms with Gasteiger partial charge in [0, 0.05) is 23.1 Å². The quantitative estimate of drug-likeness (QED) is 0.746. The van der Waals surface area contributed by atoms with E-state index in [1.165, 1.54) is 28.6 Å². The molecule has 1 aliphatic heterocycles. The number of hydrogen-bond acceptors (Lipinski definition) is 4. The number of hydrogen-bond donors (Lipinski definition) is 0. The molecule has 0 N–H and O–H groups in total. The molecule has 1 aliphatic rings. The second kappa shape index (κ2) is 6.89. The molecule has 1 heterocycles. The molecule has 0 aromatic heterocycles. The van der Waals surface area contributed by atoms with Gasteiger partial charge in [-0.1, -0.05) is 41.4 Å². The Labute approximate surface area is 157 Å². The molecule has 25 heavy (non-hydrogen) atoms. The highest BCUT2D eigenvalue weighted by Crippen LogP contribution is 2.28. The normalized spacial score (nSPS) is 16.6. The van der Waals surface area contributed by atoms with Crippen LogP contribution >= 0.6 is 23.2 Å². The first-order valence-corrected chi connectivity index (χ1v) is 11.3. The van der Waals surface area contributed by atoms with Crippen molar-refractivity contribution in [3.63, 3.8) is 0 Å². The lowest BCUT2D eigenvalue weighted by molar-refractivity contribution is 0.309. The lowest BCUT2D eigenvalue weighted by Gasteiger charge is -2.37. The summed E-state index contributed by atoms with van der Waals surface area (Å²) < 4.78 is 51.1. The summed E-state index contributed by atoms with van der Waals surface area (Å²) in [4.78, 5) is 0.144. The highest BCUT2D eigenvalue weighted by molar-refractivity contribution is 7.92. The van der Waals surface area contributed by atoms with E-state index in [1.54, 1.807) is 24.3 Å². The lowest BCUT2D eigenvalue weighted by atomic mass is 10.2. The Morgan fingerprint density at radius 2 is 1.52 bits per heavy atom. The number of rotatable bonds is 5. The summed E-state index contributed by atoms with van der Waals surface area (Å²) in [7, 11) is -7.20. The highest BCUT2D eigenvalue weighted by Gasteiger charge is 2.43. The van der Waals surface area contributed by atoms with E-state index in [0.717, 1.165) is 0 Å². The van der Waals surface area contributed by atoms with Gasteiger partial charge in [0.25, 0.3) is 0 Å². The number of benzene rings is 2. The Kier molecular flexibility index (Phi) is 5.14. The standard InChI is InChI=1S/C16H15Cl2NO4S2/c17-13-5-7-14(8-6-13)25(22,23)15-9-19(10-15)24(20,21)11-12-3-1-2-4-16(12)18/h1-8,15H,9-11H2. The third-order valence-corrected chi connectivity index (χ3v) is 8.57. The Morgan fingerprint density at radius 1 is 0.920 bits per heavy atom. The zero-order valence-corrected chi connectivity index (χ0v) is 16.1. The molecule has 0 bridgehead atoms. The summed E-state index contributed by atoms with van der Waals surface area (Å²) >= 11 is 11.8. The van der Waals surface area contributed by atoms with E-state index in [4.69, 9.17) is 23.2 Å². The largest absolute Gasteiger partial charge is 0.223 e. The molecule has 0 atom stereocenters. The molecule has 5 nitrogen and oxygen atoms in total. The van der Waals surface area contributed by atoms with Crippen LogP contribution in [0.25, 0.3) is 0 Å². The number of sulfonamides is 1. The van der Waals surface area contributed by atoms with Gasteiger partial charge in [0.15, 0.2) is 9.84 Å². The van der Waals surface area contributed by atoms with Crippen molar-refractivity contribution in [3.8, 4) is 0 Å². The molecule has 0 amide bonds. The first kappa shape index (κ1) is 18.7. The van der Waals surface area contributed by atoms with Gasteiger partial charge in [-0.3, -0.25) is 0 Å². The molecule has 2 aromatic carbocycles. The summed E-state index contributed by atoms with van der Waals surface area (Å²) in [5, 5.41) is 0.0585. The minimum atomic E-state index is -3.62. The van der Waals surface area contributed by atoms with Crippen molar-refractivity contribution >= 4 is 43.1 Å². The minimum Gasteiger partial charge on any atom is -0.223 e. The molecule has 1 fully saturated rings. The van der Waals surface area contributed by atoms with Gasteiger partial charge in [-0.05, 0) is 35.9 Å². The predicted molar refractivity (Wildman–Crippen MR) is 98.1 cm³/mol. The van der Waals surface area contributed by atoms with E-state index >= 15 is 0 Å². The average molecular weight is 420 g/mol. The second-order valence-corrected chi connectivity index (χ2v) is 10.8. The van der Waals surface area contributed by atoms with E-state index in [1.807, 2.05) is 0 Å². The maximum Gasteiger partial charge on any atom is 0.218 e. The summed E-state index contributed by atoms with van der Waals surface area (Å²) in [6.07, 6.45) is 0. The van der Waals surface area contributed by atoms with Crippen molar-refractivity contribution in [1.82, 2.24) is 4.31 Å². The van der Waals surface area contributed by atoms with Crippen LogP contribution in [0.4, 0.5) is 0 Å². The van der Waals surface area contributed by atoms with Crippen LogP contribution in [0.1, 0.15) is 5.56 Å². The second-order valence-electron chi connectivity index (χ2n) is 5.79. The van der Waals surface area contributed by atoms with Crippen molar-refractivity contribution < 1.29 is 16.8 Å². The fourth-order valence-corrected chi connectivity index (χ4v) is 6.43. The molecule has 0 unspecified atom stereocenters. The van der Waals surface area contributed by atoms with Crippen LogP contribution in [-0.2, 0) is 25.6 Å². The Balaban J connectivity index is 1.71. The minimum absolute atomic E-state index is 0.0578. The van der Waals surface area contributed by atoms with Gasteiger partial charge in [0.05, 0.1) is 15.9 Å². The molecule has 134 valence electrons. The molecule has 1 saturated heterocycles. The van der Waals surface area contributed by atoms with Gasteiger partial charge in [-0.25, -0.2) is 16.8 Å². The third kappa shape index (κ3) is 3.85. The zero-order chi connectivity index (χ0) is 18.2. The van der Waals surface area contributed by atoms with E-state index < -0.39 is 25.1 Å². The smallest absolute Gasteiger partial charge is 0.218 e. The number of nitrogens with zero attached hydrogens (tertiary/aromatic N) is 1. The van der Waals surface area contributed by atoms with Gasteiger partial charge in [0.2, 0.25) is 10.0 Å². The van der Waals surface area contributed by atoms with Gasteiger partial charge in [0.1, 0.15) is 0 Å². The third-order valence-electron chi connectivity index (χ3n) is 4.08. The van der Waals surface area contributed by atoms with Gasteiger partial charge >= 0.3 is 0 Å². The van der Waals surface area contributed by atoms with Crippen molar-refractivity contribution in [2.75, 3.05) is 13.1 Å². The first-order valence-electron chi connectivity index (χ1n) is 7.41. The molecule has 3 rings (SSSR count). The van der Waals surface area contributed by atoms with Crippen LogP contribution in [0.2, 0.25) is 10.0 Å². The SMILES string of the molecule is O=S(=O)(c1ccc(Cl)cc1)C1CN(S(=O)(=O)Cc2ccccc2Cl)C1. The van der Waals surface area contributed by atoms with E-state index in [2.05, 4.69) is 0 Å². The summed E-state index contributed by atoms with van der Waals surface area (Å²) in [5.41, 5.74) is 0.494. The molecule has 0 radical (unpaired) electrons. The van der Waals surface area contributed by atoms with Gasteiger partial charge in [-0.2, -0.15) is 4.31 Å². The summed E-state index contributed by atoms with van der Waals surface area (Å²) in [5.74, 6) is -0.250. The highest BCUT2D eigenvalue weighted by atomic mass is 35.5. The van der Waals surface area contributed by atoms with Crippen LogP contribution in [0, 0.1) is 0 Å². The average Bonchev–Trinajstić information content (AvgIpc) is 2.47. The topological polar surface area (TPSA) is 71.5 Å². The number of halogens is 2. The maximum absolute atomic E-state index is 12.5. The van der Waals surface area contributed by atoms with E-state index in [0.29, 0.717) is 15.6 Å². The Hall–Kier alpha value is -1.12. The fraction of sp³-hybridized carbons (Fsp3) is 0.250. The zero-order valence-electron chi connectivity index (χ0n) is 13.0. The molecular weight excluding hydrogens is 405 g/mol. The number of sulfone groups is 1. The van der Waals surface area contributed by atoms with Crippen molar-refractivity contribution in [3.05, 3.63) is 64.1 Å². The molecule has 0 saturated carbocycles. The maximum atomic E-state index is 12.5. The molecule has 0 aliphatic carbocycles. The Morgan fingerprint density at radius 3 is 2.12 bits per heavy atom. The van der Waals surface area contributed by atoms with Crippen LogP contribution in [0.5, 0.6) is 0 Å². The Bertz CT molecular complexity index is 983. The van der Waals surface area contributed by atoms with Crippen LogP contribution < -0.4 is 0 Å². The fourth-order valence-electron chi connectivity index (χ4n) is 2.54. The van der Waals surface area contributed by atoms with E-state index in [9.17, 15) is 16.8 Å². The van der Waals surface area contributed by atoms with Crippen molar-refractivity contribution in [1.29, 1.82) is 0 Å². The molecular formula is C16H15Cl2NO4S2. The van der Waals surface area contributed by atoms with Crippen molar-refractivity contribution in [2.45, 2.75) is 15.9 Å². The van der Waals surface area contributed by atoms with E-state index in [-0.39, 0.29) is 23.7 Å². The lowest BCUT2D eigenvalue weighted by Crippen LogP contribution is -2.56. The monoisotopic (exact) mass is 419 g/mol.